The van der Waals surface area contributed by atoms with Crippen LogP contribution in [0.5, 0.6) is 0 Å². The van der Waals surface area contributed by atoms with Gasteiger partial charge in [-0.15, -0.1) is 11.3 Å². The number of nitrogen functional groups attached to an aromatic ring is 1. The van der Waals surface area contributed by atoms with E-state index in [-0.39, 0.29) is 0 Å². The third kappa shape index (κ3) is 8.19. The third-order valence-corrected chi connectivity index (χ3v) is 7.31. The topological polar surface area (TPSA) is 89.6 Å². The Labute approximate surface area is 210 Å². The predicted molar refractivity (Wildman–Crippen MR) is 148 cm³/mol. The van der Waals surface area contributed by atoms with Crippen LogP contribution in [0, 0.1) is 25.2 Å². The van der Waals surface area contributed by atoms with E-state index in [0.717, 1.165) is 44.6 Å². The number of pyridine rings is 1. The van der Waals surface area contributed by atoms with Gasteiger partial charge in [0, 0.05) is 12.7 Å². The number of rotatable bonds is 7. The summed E-state index contributed by atoms with van der Waals surface area (Å²) < 4.78 is 1.10. The Balaban J connectivity index is 0.000000348. The molecule has 6 nitrogen and oxygen atoms in total. The average molecular weight is 485 g/mol. The molecule has 1 aliphatic rings. The van der Waals surface area contributed by atoms with Crippen molar-refractivity contribution < 1.29 is 0 Å². The van der Waals surface area contributed by atoms with Crippen molar-refractivity contribution in [2.24, 2.45) is 11.3 Å². The molecule has 3 aromatic rings. The van der Waals surface area contributed by atoms with Gasteiger partial charge in [-0.05, 0) is 37.7 Å². The number of thiazole rings is 1. The number of nitrogens with one attached hydrogen (secondary N) is 1. The largest absolute Gasteiger partial charge is 0.383 e. The van der Waals surface area contributed by atoms with Gasteiger partial charge in [0.25, 0.3) is 0 Å². The second-order valence-electron chi connectivity index (χ2n) is 9.89. The number of hydrogen-bond acceptors (Lipinski definition) is 7. The molecule has 0 aromatic carbocycles. The lowest BCUT2D eigenvalue weighted by Gasteiger charge is -2.18. The number of hydrogen-bond donors (Lipinski definition) is 2. The van der Waals surface area contributed by atoms with Gasteiger partial charge >= 0.3 is 0 Å². The van der Waals surface area contributed by atoms with Gasteiger partial charge in [-0.25, -0.2) is 9.97 Å². The van der Waals surface area contributed by atoms with Crippen molar-refractivity contribution in [3.8, 4) is 10.6 Å². The maximum Gasteiger partial charge on any atom is 0.224 e. The molecule has 0 amide bonds. The molecule has 0 radical (unpaired) electrons. The number of aryl methyl sites for hydroxylation is 2. The van der Waals surface area contributed by atoms with E-state index in [1.807, 2.05) is 19.9 Å². The van der Waals surface area contributed by atoms with E-state index in [4.69, 9.17) is 10.7 Å². The molecular weight excluding hydrogens is 440 g/mol. The zero-order valence-electron chi connectivity index (χ0n) is 22.5. The van der Waals surface area contributed by atoms with Crippen molar-refractivity contribution in [3.63, 3.8) is 0 Å². The molecule has 0 aliphatic heterocycles. The lowest BCUT2D eigenvalue weighted by Crippen LogP contribution is -2.09. The fourth-order valence-corrected chi connectivity index (χ4v) is 4.19. The predicted octanol–water partition coefficient (Wildman–Crippen LogP) is 7.81. The lowest BCUT2D eigenvalue weighted by atomic mass is 9.88. The third-order valence-electron chi connectivity index (χ3n) is 6.27. The molecule has 188 valence electrons. The summed E-state index contributed by atoms with van der Waals surface area (Å²) in [4.78, 5) is 18.0. The zero-order valence-corrected chi connectivity index (χ0v) is 23.3. The second-order valence-corrected chi connectivity index (χ2v) is 10.9. The van der Waals surface area contributed by atoms with Crippen LogP contribution in [0.1, 0.15) is 91.5 Å². The molecule has 3 aromatic heterocycles. The first kappa shape index (κ1) is 28.0. The summed E-state index contributed by atoms with van der Waals surface area (Å²) in [5, 5.41) is 4.13. The Morgan fingerprint density at radius 2 is 1.68 bits per heavy atom. The fraction of sp³-hybridized carbons (Fsp3) is 0.630. The molecule has 1 fully saturated rings. The van der Waals surface area contributed by atoms with Gasteiger partial charge in [-0.3, -0.25) is 4.98 Å². The maximum atomic E-state index is 6.22. The number of anilines is 2. The number of nitrogens with two attached hydrogens (primary N) is 1. The molecule has 3 heterocycles. The SMILES string of the molecule is CCC.CCC(C)(C)CC.Cc1nc(NCCC2CC2)nc(N)c1-c1nc2c(C)nccc2s1. The molecule has 3 N–H and O–H groups in total. The van der Waals surface area contributed by atoms with E-state index in [1.54, 1.807) is 17.5 Å². The molecule has 4 rings (SSSR count). The zero-order chi connectivity index (χ0) is 25.3. The molecule has 1 aliphatic carbocycles. The lowest BCUT2D eigenvalue weighted by molar-refractivity contribution is 0.338. The van der Waals surface area contributed by atoms with Crippen molar-refractivity contribution in [1.82, 2.24) is 19.9 Å². The van der Waals surface area contributed by atoms with E-state index < -0.39 is 0 Å². The highest BCUT2D eigenvalue weighted by Crippen LogP contribution is 2.35. The Bertz CT molecular complexity index is 1010. The van der Waals surface area contributed by atoms with Crippen LogP contribution in [-0.4, -0.2) is 26.5 Å². The summed E-state index contributed by atoms with van der Waals surface area (Å²) in [6.45, 7) is 18.1. The van der Waals surface area contributed by atoms with Crippen LogP contribution in [0.2, 0.25) is 0 Å². The van der Waals surface area contributed by atoms with Gasteiger partial charge in [0.15, 0.2) is 0 Å². The van der Waals surface area contributed by atoms with Crippen LogP contribution in [0.3, 0.4) is 0 Å². The highest BCUT2D eigenvalue weighted by Gasteiger charge is 2.21. The van der Waals surface area contributed by atoms with Gasteiger partial charge in [0.2, 0.25) is 5.95 Å². The molecule has 0 atom stereocenters. The number of aromatic nitrogens is 4. The highest BCUT2D eigenvalue weighted by molar-refractivity contribution is 7.21. The van der Waals surface area contributed by atoms with E-state index in [1.165, 1.54) is 38.5 Å². The minimum Gasteiger partial charge on any atom is -0.383 e. The minimum absolute atomic E-state index is 0.473. The van der Waals surface area contributed by atoms with Crippen LogP contribution in [0.4, 0.5) is 11.8 Å². The molecule has 0 bridgehead atoms. The first-order chi connectivity index (χ1) is 16.1. The monoisotopic (exact) mass is 484 g/mol. The Morgan fingerprint density at radius 3 is 2.18 bits per heavy atom. The summed E-state index contributed by atoms with van der Waals surface area (Å²) in [5.41, 5.74) is 10.3. The standard InChI is InChI=1S/C17H20N6S.C7H16.C3H8/c1-9-13(16-22-14-10(2)19-8-6-12(14)24-16)15(18)23-17(21-9)20-7-5-11-3-4-11;1-5-7(3,4)6-2;1-3-2/h6,8,11H,3-5,7H2,1-2H3,(H3,18,20,21,23);5-6H2,1-4H3;3H2,1-2H3. The van der Waals surface area contributed by atoms with Crippen molar-refractivity contribution in [3.05, 3.63) is 23.7 Å². The van der Waals surface area contributed by atoms with E-state index in [0.29, 0.717) is 17.2 Å². The smallest absolute Gasteiger partial charge is 0.224 e. The number of fused-ring (bicyclic) bond motifs is 1. The van der Waals surface area contributed by atoms with Gasteiger partial charge in [-0.2, -0.15) is 4.98 Å². The van der Waals surface area contributed by atoms with Crippen molar-refractivity contribution >= 4 is 33.3 Å². The Morgan fingerprint density at radius 1 is 1.03 bits per heavy atom. The number of nitrogens with zero attached hydrogens (tertiary/aromatic N) is 4. The van der Waals surface area contributed by atoms with Gasteiger partial charge in [0.05, 0.1) is 21.7 Å². The summed E-state index contributed by atoms with van der Waals surface area (Å²) in [5.74, 6) is 1.96. The Kier molecular flexibility index (Phi) is 10.7. The quantitative estimate of drug-likeness (QED) is 0.355. The molecule has 34 heavy (non-hydrogen) atoms. The van der Waals surface area contributed by atoms with Crippen LogP contribution in [-0.2, 0) is 0 Å². The average Bonchev–Trinajstić information content (AvgIpc) is 3.51. The first-order valence-corrected chi connectivity index (χ1v) is 13.6. The summed E-state index contributed by atoms with van der Waals surface area (Å²) in [6, 6.07) is 1.98. The van der Waals surface area contributed by atoms with Crippen LogP contribution >= 0.6 is 11.3 Å². The molecular formula is C27H44N6S. The van der Waals surface area contributed by atoms with Crippen LogP contribution < -0.4 is 11.1 Å². The molecule has 0 unspecified atom stereocenters. The Hall–Kier alpha value is -2.28. The van der Waals surface area contributed by atoms with Crippen LogP contribution in [0.25, 0.3) is 20.8 Å². The molecule has 1 saturated carbocycles. The maximum absolute atomic E-state index is 6.22. The van der Waals surface area contributed by atoms with E-state index in [2.05, 4.69) is 61.8 Å². The molecule has 0 spiro atoms. The normalized spacial score (nSPS) is 13.1. The molecule has 0 saturated heterocycles. The summed E-state index contributed by atoms with van der Waals surface area (Å²) in [7, 11) is 0. The minimum atomic E-state index is 0.473. The van der Waals surface area contributed by atoms with Crippen molar-refractivity contribution in [2.45, 2.75) is 93.9 Å². The summed E-state index contributed by atoms with van der Waals surface area (Å²) >= 11 is 1.60. The summed E-state index contributed by atoms with van der Waals surface area (Å²) in [6.07, 6.45) is 9.53. The second kappa shape index (κ2) is 13.0. The van der Waals surface area contributed by atoms with Crippen molar-refractivity contribution in [1.29, 1.82) is 0 Å². The van der Waals surface area contributed by atoms with Crippen molar-refractivity contribution in [2.75, 3.05) is 17.6 Å². The fourth-order valence-electron chi connectivity index (χ4n) is 3.07. The first-order valence-electron chi connectivity index (χ1n) is 12.8. The highest BCUT2D eigenvalue weighted by atomic mass is 32.1. The van der Waals surface area contributed by atoms with Gasteiger partial charge in [-0.1, -0.05) is 73.6 Å². The molecule has 7 heteroatoms. The van der Waals surface area contributed by atoms with E-state index >= 15 is 0 Å². The van der Waals surface area contributed by atoms with E-state index in [9.17, 15) is 0 Å². The van der Waals surface area contributed by atoms with Crippen LogP contribution in [0.15, 0.2) is 12.3 Å². The van der Waals surface area contributed by atoms with Gasteiger partial charge < -0.3 is 11.1 Å². The van der Waals surface area contributed by atoms with Gasteiger partial charge in [0.1, 0.15) is 16.3 Å².